The summed E-state index contributed by atoms with van der Waals surface area (Å²) in [6.07, 6.45) is -6.82. The van der Waals surface area contributed by atoms with Crippen LogP contribution in [0.3, 0.4) is 0 Å². The van der Waals surface area contributed by atoms with Crippen LogP contribution in [0.1, 0.15) is 25.8 Å². The Kier molecular flexibility index (Phi) is 6.32. The Morgan fingerprint density at radius 3 is 2.49 bits per heavy atom. The first-order valence-electron chi connectivity index (χ1n) is 10.6. The second-order valence-electron chi connectivity index (χ2n) is 8.73. The molecule has 12 heteroatoms. The number of nitrogens with zero attached hydrogens (tertiary/aromatic N) is 5. The Balaban J connectivity index is 1.84. The van der Waals surface area contributed by atoms with E-state index in [1.807, 2.05) is 0 Å². The van der Waals surface area contributed by atoms with Crippen molar-refractivity contribution < 1.29 is 30.7 Å². The molecule has 0 N–H and O–H groups in total. The van der Waals surface area contributed by atoms with Gasteiger partial charge < -0.3 is 4.90 Å². The second-order valence-corrected chi connectivity index (χ2v) is 8.73. The quantitative estimate of drug-likeness (QED) is 0.273. The van der Waals surface area contributed by atoms with Crippen molar-refractivity contribution >= 4 is 28.2 Å². The lowest BCUT2D eigenvalue weighted by molar-refractivity contribution is -0.213. The average molecular weight is 499 g/mol. The number of anilines is 2. The Hall–Kier alpha value is -3.44. The number of fused-ring (bicyclic) bond motifs is 3. The van der Waals surface area contributed by atoms with Gasteiger partial charge in [-0.3, -0.25) is 4.40 Å². The zero-order valence-corrected chi connectivity index (χ0v) is 18.6. The molecule has 0 spiro atoms. The summed E-state index contributed by atoms with van der Waals surface area (Å²) in [5.74, 6) is -1.80. The van der Waals surface area contributed by atoms with Crippen LogP contribution in [-0.2, 0) is 6.42 Å². The summed E-state index contributed by atoms with van der Waals surface area (Å²) < 4.78 is 98.1. The molecule has 186 valence electrons. The number of aromatic nitrogens is 4. The molecule has 0 unspecified atom stereocenters. The van der Waals surface area contributed by atoms with Gasteiger partial charge in [0.1, 0.15) is 23.8 Å². The predicted octanol–water partition coefficient (Wildman–Crippen LogP) is 6.48. The molecule has 0 amide bonds. The highest BCUT2D eigenvalue weighted by atomic mass is 19.4. The molecule has 0 radical (unpaired) electrons. The molecule has 2 heterocycles. The highest BCUT2D eigenvalue weighted by Crippen LogP contribution is 2.42. The van der Waals surface area contributed by atoms with Gasteiger partial charge in [-0.25, -0.2) is 17.6 Å². The fraction of sp³-hybridized carbons (Fsp3) is 0.348. The zero-order valence-electron chi connectivity index (χ0n) is 18.6. The van der Waals surface area contributed by atoms with E-state index in [0.717, 1.165) is 30.9 Å². The van der Waals surface area contributed by atoms with Gasteiger partial charge in [0.25, 0.3) is 12.2 Å². The van der Waals surface area contributed by atoms with E-state index in [2.05, 4.69) is 15.2 Å². The molecule has 0 bridgehead atoms. The largest absolute Gasteiger partial charge is 0.393 e. The van der Waals surface area contributed by atoms with Gasteiger partial charge in [0.2, 0.25) is 0 Å². The number of hydrogen-bond donors (Lipinski definition) is 0. The van der Waals surface area contributed by atoms with Crippen LogP contribution in [0.15, 0.2) is 42.7 Å². The minimum Gasteiger partial charge on any atom is -0.317 e. The van der Waals surface area contributed by atoms with Crippen molar-refractivity contribution in [2.45, 2.75) is 39.3 Å². The molecule has 0 saturated carbocycles. The highest BCUT2D eigenvalue weighted by Gasteiger charge is 2.46. The number of alkyl halides is 5. The number of benzene rings is 2. The van der Waals surface area contributed by atoms with Crippen LogP contribution >= 0.6 is 0 Å². The summed E-state index contributed by atoms with van der Waals surface area (Å²) in [5, 5.41) is 7.65. The molecule has 0 aliphatic rings. The lowest BCUT2D eigenvalue weighted by Crippen LogP contribution is -2.32. The SMILES string of the molecule is CC(C)(CCc1cccc(N(CC(F)F)c2nc3nncn3c3ccc(F)cc23)c1F)C(F)(F)F. The minimum absolute atomic E-state index is 0.0156. The molecule has 4 rings (SSSR count). The summed E-state index contributed by atoms with van der Waals surface area (Å²) >= 11 is 0. The Morgan fingerprint density at radius 1 is 1.06 bits per heavy atom. The smallest absolute Gasteiger partial charge is 0.317 e. The van der Waals surface area contributed by atoms with Crippen molar-refractivity contribution in [1.82, 2.24) is 19.6 Å². The molecule has 2 aromatic heterocycles. The molecule has 0 fully saturated rings. The molecule has 2 aromatic carbocycles. The van der Waals surface area contributed by atoms with Gasteiger partial charge in [0.15, 0.2) is 0 Å². The maximum atomic E-state index is 15.6. The summed E-state index contributed by atoms with van der Waals surface area (Å²) in [7, 11) is 0. The van der Waals surface area contributed by atoms with Crippen molar-refractivity contribution in [3.63, 3.8) is 0 Å². The standard InChI is InChI=1S/C23H20F7N5/c1-22(2,23(28,29)30)9-8-13-4-3-5-17(19(13)27)34(11-18(25)26)20-15-10-14(24)6-7-16(15)35-12-31-33-21(35)32-20/h3-7,10,12,18H,8-9,11H2,1-2H3. The zero-order chi connectivity index (χ0) is 25.5. The van der Waals surface area contributed by atoms with Gasteiger partial charge in [-0.05, 0) is 42.7 Å². The van der Waals surface area contributed by atoms with Crippen molar-refractivity contribution in [2.24, 2.45) is 5.41 Å². The third-order valence-corrected chi connectivity index (χ3v) is 5.91. The van der Waals surface area contributed by atoms with Crippen LogP contribution in [0, 0.1) is 17.0 Å². The van der Waals surface area contributed by atoms with E-state index in [1.165, 1.54) is 35.0 Å². The molecule has 0 aliphatic heterocycles. The Morgan fingerprint density at radius 2 is 1.80 bits per heavy atom. The maximum Gasteiger partial charge on any atom is 0.393 e. The lowest BCUT2D eigenvalue weighted by atomic mass is 9.85. The molecule has 0 saturated heterocycles. The molecule has 4 aromatic rings. The average Bonchev–Trinajstić information content (AvgIpc) is 3.24. The van der Waals surface area contributed by atoms with Crippen LogP contribution in [0.4, 0.5) is 42.2 Å². The van der Waals surface area contributed by atoms with Gasteiger partial charge in [0, 0.05) is 5.39 Å². The number of hydrogen-bond acceptors (Lipinski definition) is 4. The fourth-order valence-corrected chi connectivity index (χ4v) is 3.73. The molecule has 0 aliphatic carbocycles. The van der Waals surface area contributed by atoms with Crippen LogP contribution in [0.2, 0.25) is 0 Å². The van der Waals surface area contributed by atoms with Crippen LogP contribution in [0.25, 0.3) is 16.7 Å². The second kappa shape index (κ2) is 8.97. The summed E-state index contributed by atoms with van der Waals surface area (Å²) in [6, 6.07) is 7.51. The highest BCUT2D eigenvalue weighted by molar-refractivity contribution is 5.93. The summed E-state index contributed by atoms with van der Waals surface area (Å²) in [5.41, 5.74) is -2.13. The fourth-order valence-electron chi connectivity index (χ4n) is 3.73. The van der Waals surface area contributed by atoms with Gasteiger partial charge >= 0.3 is 6.18 Å². The third-order valence-electron chi connectivity index (χ3n) is 5.91. The van der Waals surface area contributed by atoms with E-state index < -0.39 is 42.6 Å². The number of halogens is 7. The maximum absolute atomic E-state index is 15.6. The van der Waals surface area contributed by atoms with E-state index in [1.54, 1.807) is 0 Å². The molecule has 35 heavy (non-hydrogen) atoms. The predicted molar refractivity (Wildman–Crippen MR) is 116 cm³/mol. The van der Waals surface area contributed by atoms with E-state index >= 15 is 4.39 Å². The summed E-state index contributed by atoms with van der Waals surface area (Å²) in [6.45, 7) is 1.02. The molecule has 5 nitrogen and oxygen atoms in total. The van der Waals surface area contributed by atoms with E-state index in [4.69, 9.17) is 0 Å². The molecule has 0 atom stereocenters. The molecular weight excluding hydrogens is 479 g/mol. The van der Waals surface area contributed by atoms with E-state index in [0.29, 0.717) is 5.52 Å². The van der Waals surface area contributed by atoms with Crippen LogP contribution < -0.4 is 4.90 Å². The topological polar surface area (TPSA) is 46.3 Å². The summed E-state index contributed by atoms with van der Waals surface area (Å²) in [4.78, 5) is 5.11. The third kappa shape index (κ3) is 4.73. The van der Waals surface area contributed by atoms with Crippen molar-refractivity contribution in [3.05, 3.63) is 59.9 Å². The van der Waals surface area contributed by atoms with E-state index in [-0.39, 0.29) is 34.7 Å². The number of rotatable bonds is 7. The number of aryl methyl sites for hydroxylation is 1. The van der Waals surface area contributed by atoms with Crippen molar-refractivity contribution in [1.29, 1.82) is 0 Å². The minimum atomic E-state index is -4.50. The first-order valence-corrected chi connectivity index (χ1v) is 10.6. The molecular formula is C23H20F7N5. The van der Waals surface area contributed by atoms with E-state index in [9.17, 15) is 26.3 Å². The first kappa shape index (κ1) is 24.7. The Bertz CT molecular complexity index is 1360. The van der Waals surface area contributed by atoms with Crippen LogP contribution in [-0.4, -0.2) is 38.7 Å². The van der Waals surface area contributed by atoms with Gasteiger partial charge in [-0.2, -0.15) is 18.2 Å². The lowest BCUT2D eigenvalue weighted by Gasteiger charge is -2.28. The Labute approximate surface area is 195 Å². The van der Waals surface area contributed by atoms with Gasteiger partial charge in [-0.15, -0.1) is 10.2 Å². The monoisotopic (exact) mass is 499 g/mol. The van der Waals surface area contributed by atoms with Crippen molar-refractivity contribution in [3.8, 4) is 0 Å². The van der Waals surface area contributed by atoms with Gasteiger partial charge in [-0.1, -0.05) is 26.0 Å². The first-order chi connectivity index (χ1) is 16.4. The van der Waals surface area contributed by atoms with Crippen molar-refractivity contribution in [2.75, 3.05) is 11.4 Å². The van der Waals surface area contributed by atoms with Crippen LogP contribution in [0.5, 0.6) is 0 Å². The van der Waals surface area contributed by atoms with Gasteiger partial charge in [0.05, 0.1) is 23.2 Å². The normalized spacial score (nSPS) is 12.7.